The largest absolute Gasteiger partial charge is 0.497 e. The minimum Gasteiger partial charge on any atom is -0.497 e. The second-order valence-electron chi connectivity index (χ2n) is 8.02. The van der Waals surface area contributed by atoms with Gasteiger partial charge in [-0.3, -0.25) is 18.7 Å². The molecule has 0 saturated carbocycles. The van der Waals surface area contributed by atoms with Gasteiger partial charge in [0.05, 0.1) is 30.0 Å². The maximum Gasteiger partial charge on any atom is 0.330 e. The van der Waals surface area contributed by atoms with Gasteiger partial charge in [-0.05, 0) is 66.2 Å². The number of aromatic nitrogens is 3. The summed E-state index contributed by atoms with van der Waals surface area (Å²) in [7, 11) is 4.69. The molecule has 35 heavy (non-hydrogen) atoms. The van der Waals surface area contributed by atoms with Crippen molar-refractivity contribution >= 4 is 22.5 Å². The first-order valence-corrected chi connectivity index (χ1v) is 10.8. The molecular formula is C26H22N4O5. The van der Waals surface area contributed by atoms with E-state index in [2.05, 4.69) is 5.32 Å². The number of rotatable bonds is 5. The summed E-state index contributed by atoms with van der Waals surface area (Å²) in [6.45, 7) is 0. The van der Waals surface area contributed by atoms with Crippen LogP contribution in [0.25, 0.3) is 27.8 Å². The number of nitrogens with one attached hydrogen (secondary N) is 1. The zero-order valence-corrected chi connectivity index (χ0v) is 19.3. The van der Waals surface area contributed by atoms with Crippen molar-refractivity contribution in [3.8, 4) is 22.7 Å². The van der Waals surface area contributed by atoms with E-state index in [1.807, 2.05) is 41.0 Å². The van der Waals surface area contributed by atoms with Gasteiger partial charge in [-0.1, -0.05) is 0 Å². The van der Waals surface area contributed by atoms with Gasteiger partial charge in [-0.25, -0.2) is 4.79 Å². The summed E-state index contributed by atoms with van der Waals surface area (Å²) >= 11 is 0. The van der Waals surface area contributed by atoms with E-state index in [9.17, 15) is 14.4 Å². The highest BCUT2D eigenvalue weighted by Crippen LogP contribution is 2.32. The highest BCUT2D eigenvalue weighted by atomic mass is 16.5. The summed E-state index contributed by atoms with van der Waals surface area (Å²) in [6, 6.07) is 17.8. The average Bonchev–Trinajstić information content (AvgIpc) is 3.56. The SMILES string of the molecule is COc1ccc(-c2c3c(=O)n(C)c(=O)n(C)c3cn2-c2ccc(NC(=O)c3ccco3)cc2)cc1. The van der Waals surface area contributed by atoms with Crippen molar-refractivity contribution in [1.82, 2.24) is 13.7 Å². The Balaban J connectivity index is 1.66. The van der Waals surface area contributed by atoms with Gasteiger partial charge in [0.25, 0.3) is 11.5 Å². The average molecular weight is 470 g/mol. The fourth-order valence-electron chi connectivity index (χ4n) is 4.08. The van der Waals surface area contributed by atoms with Crippen LogP contribution in [0.15, 0.2) is 87.1 Å². The van der Waals surface area contributed by atoms with Crippen LogP contribution < -0.4 is 21.3 Å². The van der Waals surface area contributed by atoms with Gasteiger partial charge in [0.2, 0.25) is 0 Å². The summed E-state index contributed by atoms with van der Waals surface area (Å²) in [5, 5.41) is 3.21. The fraction of sp³-hybridized carbons (Fsp3) is 0.115. The molecule has 5 aromatic rings. The van der Waals surface area contributed by atoms with E-state index in [1.54, 1.807) is 44.6 Å². The number of hydrogen-bond donors (Lipinski definition) is 1. The number of nitrogens with zero attached hydrogens (tertiary/aromatic N) is 3. The number of aryl methyl sites for hydroxylation is 1. The molecule has 0 aliphatic rings. The molecule has 0 saturated heterocycles. The van der Waals surface area contributed by atoms with E-state index in [1.165, 1.54) is 17.9 Å². The summed E-state index contributed by atoms with van der Waals surface area (Å²) < 4.78 is 14.8. The Hall–Kier alpha value is -4.79. The van der Waals surface area contributed by atoms with Crippen LogP contribution in [0, 0.1) is 0 Å². The van der Waals surface area contributed by atoms with Crippen molar-refractivity contribution in [2.45, 2.75) is 0 Å². The summed E-state index contributed by atoms with van der Waals surface area (Å²) in [5.74, 6) is 0.546. The highest BCUT2D eigenvalue weighted by molar-refractivity contribution is 6.02. The van der Waals surface area contributed by atoms with E-state index in [0.29, 0.717) is 28.0 Å². The zero-order chi connectivity index (χ0) is 24.7. The van der Waals surface area contributed by atoms with Crippen molar-refractivity contribution in [2.75, 3.05) is 12.4 Å². The number of anilines is 1. The first kappa shape index (κ1) is 22.0. The van der Waals surface area contributed by atoms with Crippen LogP contribution in [-0.4, -0.2) is 26.7 Å². The van der Waals surface area contributed by atoms with E-state index >= 15 is 0 Å². The van der Waals surface area contributed by atoms with Crippen molar-refractivity contribution in [1.29, 1.82) is 0 Å². The summed E-state index contributed by atoms with van der Waals surface area (Å²) in [5.41, 5.74) is 2.49. The molecule has 176 valence electrons. The quantitative estimate of drug-likeness (QED) is 0.423. The maximum atomic E-state index is 13.2. The third kappa shape index (κ3) is 3.72. The minimum atomic E-state index is -0.406. The normalized spacial score (nSPS) is 11.1. The molecule has 0 aliphatic carbocycles. The van der Waals surface area contributed by atoms with Gasteiger partial charge in [0.15, 0.2) is 5.76 Å². The van der Waals surface area contributed by atoms with Crippen LogP contribution in [0.4, 0.5) is 5.69 Å². The molecule has 0 radical (unpaired) electrons. The van der Waals surface area contributed by atoms with E-state index in [-0.39, 0.29) is 17.2 Å². The predicted molar refractivity (Wildman–Crippen MR) is 132 cm³/mol. The maximum absolute atomic E-state index is 13.2. The Labute approximate surface area is 199 Å². The van der Waals surface area contributed by atoms with Gasteiger partial charge < -0.3 is 19.0 Å². The third-order valence-corrected chi connectivity index (χ3v) is 5.95. The number of carbonyl (C=O) groups is 1. The van der Waals surface area contributed by atoms with Crippen LogP contribution in [0.1, 0.15) is 10.6 Å². The fourth-order valence-corrected chi connectivity index (χ4v) is 4.08. The molecule has 9 nitrogen and oxygen atoms in total. The molecule has 9 heteroatoms. The van der Waals surface area contributed by atoms with E-state index in [0.717, 1.165) is 15.8 Å². The van der Waals surface area contributed by atoms with Gasteiger partial charge in [-0.15, -0.1) is 0 Å². The molecule has 0 fully saturated rings. The Morgan fingerprint density at radius 3 is 2.29 bits per heavy atom. The molecule has 5 rings (SSSR count). The molecular weight excluding hydrogens is 448 g/mol. The lowest BCUT2D eigenvalue weighted by Crippen LogP contribution is -2.36. The number of benzene rings is 2. The molecule has 2 aromatic carbocycles. The van der Waals surface area contributed by atoms with Crippen LogP contribution in [-0.2, 0) is 14.1 Å². The first-order chi connectivity index (χ1) is 16.9. The molecule has 3 aromatic heterocycles. The smallest absolute Gasteiger partial charge is 0.330 e. The lowest BCUT2D eigenvalue weighted by molar-refractivity contribution is 0.0996. The molecule has 0 aliphatic heterocycles. The van der Waals surface area contributed by atoms with Gasteiger partial charge in [-0.2, -0.15) is 0 Å². The standard InChI is InChI=1S/C26H22N4O5/c1-28-20-15-30(18-10-8-17(9-11-18)27-24(31)21-5-4-14-35-21)23(16-6-12-19(34-3)13-7-16)22(20)25(32)29(2)26(28)33/h4-15H,1-3H3,(H,27,31). The Bertz CT molecular complexity index is 1660. The van der Waals surface area contributed by atoms with Crippen LogP contribution in [0.2, 0.25) is 0 Å². The molecule has 1 amide bonds. The number of hydrogen-bond acceptors (Lipinski definition) is 5. The second-order valence-corrected chi connectivity index (χ2v) is 8.02. The number of ether oxygens (including phenoxy) is 1. The molecule has 3 heterocycles. The summed E-state index contributed by atoms with van der Waals surface area (Å²) in [6.07, 6.45) is 3.21. The van der Waals surface area contributed by atoms with Crippen molar-refractivity contribution in [2.24, 2.45) is 14.1 Å². The topological polar surface area (TPSA) is 100 Å². The Kier molecular flexibility index (Phi) is 5.37. The molecule has 1 N–H and O–H groups in total. The third-order valence-electron chi connectivity index (χ3n) is 5.95. The lowest BCUT2D eigenvalue weighted by atomic mass is 10.1. The molecule has 0 atom stereocenters. The predicted octanol–water partition coefficient (Wildman–Crippen LogP) is 3.55. The summed E-state index contributed by atoms with van der Waals surface area (Å²) in [4.78, 5) is 38.1. The van der Waals surface area contributed by atoms with Crippen LogP contribution >= 0.6 is 0 Å². The van der Waals surface area contributed by atoms with Crippen molar-refractivity contribution < 1.29 is 13.9 Å². The van der Waals surface area contributed by atoms with Gasteiger partial charge >= 0.3 is 5.69 Å². The van der Waals surface area contributed by atoms with E-state index < -0.39 is 5.69 Å². The number of methoxy groups -OCH3 is 1. The van der Waals surface area contributed by atoms with Crippen LogP contribution in [0.3, 0.4) is 0 Å². The molecule has 0 bridgehead atoms. The van der Waals surface area contributed by atoms with Crippen molar-refractivity contribution in [3.05, 3.63) is 99.7 Å². The number of furan rings is 1. The van der Waals surface area contributed by atoms with Gasteiger partial charge in [0, 0.05) is 31.7 Å². The van der Waals surface area contributed by atoms with E-state index in [4.69, 9.17) is 9.15 Å². The molecule has 0 spiro atoms. The monoisotopic (exact) mass is 470 g/mol. The van der Waals surface area contributed by atoms with Crippen molar-refractivity contribution in [3.63, 3.8) is 0 Å². The first-order valence-electron chi connectivity index (χ1n) is 10.8. The zero-order valence-electron chi connectivity index (χ0n) is 19.3. The van der Waals surface area contributed by atoms with Gasteiger partial charge in [0.1, 0.15) is 5.75 Å². The minimum absolute atomic E-state index is 0.212. The molecule has 0 unspecified atom stereocenters. The second kappa shape index (κ2) is 8.53. The Morgan fingerprint density at radius 1 is 0.943 bits per heavy atom. The highest BCUT2D eigenvalue weighted by Gasteiger charge is 2.20. The number of amides is 1. The lowest BCUT2D eigenvalue weighted by Gasteiger charge is -2.12. The number of carbonyl (C=O) groups excluding carboxylic acids is 1. The number of fused-ring (bicyclic) bond motifs is 1. The van der Waals surface area contributed by atoms with Crippen LogP contribution in [0.5, 0.6) is 5.75 Å². The Morgan fingerprint density at radius 2 is 1.66 bits per heavy atom.